The molecule has 1 heterocycles. The number of urea groups is 1. The van der Waals surface area contributed by atoms with Crippen LogP contribution in [0.2, 0.25) is 0 Å². The molecule has 0 fully saturated rings. The maximum atomic E-state index is 11.8. The Labute approximate surface area is 124 Å². The molecule has 1 aromatic carbocycles. The first-order valence-electron chi connectivity index (χ1n) is 7.09. The molecule has 0 unspecified atom stereocenters. The summed E-state index contributed by atoms with van der Waals surface area (Å²) in [5.41, 5.74) is 4.06. The van der Waals surface area contributed by atoms with Crippen LogP contribution in [0.1, 0.15) is 29.0 Å². The lowest BCUT2D eigenvalue weighted by Crippen LogP contribution is -2.29. The van der Waals surface area contributed by atoms with E-state index in [2.05, 4.69) is 15.8 Å². The van der Waals surface area contributed by atoms with Crippen LogP contribution in [0, 0.1) is 20.8 Å². The third-order valence-electron chi connectivity index (χ3n) is 3.33. The predicted molar refractivity (Wildman–Crippen MR) is 82.5 cm³/mol. The summed E-state index contributed by atoms with van der Waals surface area (Å²) in [7, 11) is 0. The van der Waals surface area contributed by atoms with Gasteiger partial charge in [-0.2, -0.15) is 0 Å². The van der Waals surface area contributed by atoms with Gasteiger partial charge in [-0.25, -0.2) is 4.79 Å². The van der Waals surface area contributed by atoms with Crippen molar-refractivity contribution in [1.82, 2.24) is 10.5 Å². The summed E-state index contributed by atoms with van der Waals surface area (Å²) in [6.45, 7) is 6.56. The molecule has 21 heavy (non-hydrogen) atoms. The summed E-state index contributed by atoms with van der Waals surface area (Å²) in [5.74, 6) is 0.851. The monoisotopic (exact) mass is 287 g/mol. The molecule has 0 radical (unpaired) electrons. The summed E-state index contributed by atoms with van der Waals surface area (Å²) in [4.78, 5) is 11.8. The second-order valence-electron chi connectivity index (χ2n) is 5.22. The normalized spacial score (nSPS) is 10.4. The first-order valence-corrected chi connectivity index (χ1v) is 7.09. The van der Waals surface area contributed by atoms with Crippen LogP contribution in [0.5, 0.6) is 0 Å². The van der Waals surface area contributed by atoms with E-state index < -0.39 is 0 Å². The molecule has 0 aliphatic rings. The SMILES string of the molecule is Cc1cc(CCCNC(=O)Nc2ccc(C)c(C)c2)on1. The van der Waals surface area contributed by atoms with Crippen molar-refractivity contribution in [3.63, 3.8) is 0 Å². The van der Waals surface area contributed by atoms with E-state index in [1.165, 1.54) is 5.56 Å². The Hall–Kier alpha value is -2.30. The maximum absolute atomic E-state index is 11.8. The molecule has 0 saturated carbocycles. The van der Waals surface area contributed by atoms with Crippen LogP contribution in [0.4, 0.5) is 10.5 Å². The van der Waals surface area contributed by atoms with E-state index in [1.807, 2.05) is 45.0 Å². The maximum Gasteiger partial charge on any atom is 0.319 e. The van der Waals surface area contributed by atoms with Gasteiger partial charge in [-0.05, 0) is 50.5 Å². The quantitative estimate of drug-likeness (QED) is 0.829. The third kappa shape index (κ3) is 4.63. The van der Waals surface area contributed by atoms with Gasteiger partial charge in [-0.3, -0.25) is 0 Å². The second kappa shape index (κ2) is 6.92. The molecule has 0 saturated heterocycles. The molecule has 2 N–H and O–H groups in total. The fraction of sp³-hybridized carbons (Fsp3) is 0.375. The van der Waals surface area contributed by atoms with E-state index in [0.29, 0.717) is 6.54 Å². The number of nitrogens with one attached hydrogen (secondary N) is 2. The standard InChI is InChI=1S/C16H21N3O2/c1-11-6-7-14(9-12(11)2)18-16(20)17-8-4-5-15-10-13(3)19-21-15/h6-7,9-10H,4-5,8H2,1-3H3,(H2,17,18,20). The molecule has 112 valence electrons. The summed E-state index contributed by atoms with van der Waals surface area (Å²) in [5, 5.41) is 9.48. The minimum absolute atomic E-state index is 0.188. The lowest BCUT2D eigenvalue weighted by atomic mass is 10.1. The average molecular weight is 287 g/mol. The van der Waals surface area contributed by atoms with Gasteiger partial charge in [0.05, 0.1) is 5.69 Å². The van der Waals surface area contributed by atoms with E-state index in [-0.39, 0.29) is 6.03 Å². The molecule has 2 amide bonds. The Morgan fingerprint density at radius 1 is 1.19 bits per heavy atom. The number of carbonyl (C=O) groups is 1. The van der Waals surface area contributed by atoms with E-state index in [4.69, 9.17) is 4.52 Å². The van der Waals surface area contributed by atoms with Crippen LogP contribution in [-0.2, 0) is 6.42 Å². The topological polar surface area (TPSA) is 67.2 Å². The Balaban J connectivity index is 1.71. The van der Waals surface area contributed by atoms with Crippen LogP contribution in [0.15, 0.2) is 28.8 Å². The van der Waals surface area contributed by atoms with Crippen LogP contribution in [-0.4, -0.2) is 17.7 Å². The van der Waals surface area contributed by atoms with Crippen LogP contribution in [0.3, 0.4) is 0 Å². The summed E-state index contributed by atoms with van der Waals surface area (Å²) in [6, 6.07) is 7.59. The molecule has 2 rings (SSSR count). The highest BCUT2D eigenvalue weighted by Gasteiger charge is 2.04. The summed E-state index contributed by atoms with van der Waals surface area (Å²) < 4.78 is 5.11. The Morgan fingerprint density at radius 2 is 2.00 bits per heavy atom. The Morgan fingerprint density at radius 3 is 2.67 bits per heavy atom. The molecule has 5 heteroatoms. The van der Waals surface area contributed by atoms with Crippen molar-refractivity contribution >= 4 is 11.7 Å². The van der Waals surface area contributed by atoms with Gasteiger partial charge in [0.1, 0.15) is 5.76 Å². The number of hydrogen-bond acceptors (Lipinski definition) is 3. The Bertz CT molecular complexity index is 620. The van der Waals surface area contributed by atoms with Gasteiger partial charge in [0.25, 0.3) is 0 Å². The lowest BCUT2D eigenvalue weighted by molar-refractivity contribution is 0.252. The van der Waals surface area contributed by atoms with Gasteiger partial charge in [0.2, 0.25) is 0 Å². The van der Waals surface area contributed by atoms with Crippen molar-refractivity contribution in [1.29, 1.82) is 0 Å². The average Bonchev–Trinajstić information content (AvgIpc) is 2.85. The number of carbonyl (C=O) groups excluding carboxylic acids is 1. The van der Waals surface area contributed by atoms with Gasteiger partial charge < -0.3 is 15.2 Å². The smallest absolute Gasteiger partial charge is 0.319 e. The van der Waals surface area contributed by atoms with Crippen molar-refractivity contribution in [2.75, 3.05) is 11.9 Å². The number of rotatable bonds is 5. The van der Waals surface area contributed by atoms with E-state index in [0.717, 1.165) is 35.5 Å². The number of aryl methyl sites for hydroxylation is 4. The minimum Gasteiger partial charge on any atom is -0.361 e. The van der Waals surface area contributed by atoms with E-state index in [9.17, 15) is 4.79 Å². The zero-order valence-electron chi connectivity index (χ0n) is 12.7. The molecule has 0 aliphatic heterocycles. The molecular weight excluding hydrogens is 266 g/mol. The van der Waals surface area contributed by atoms with Crippen molar-refractivity contribution in [3.8, 4) is 0 Å². The number of benzene rings is 1. The Kier molecular flexibility index (Phi) is 4.98. The predicted octanol–water partition coefficient (Wildman–Crippen LogP) is 3.35. The van der Waals surface area contributed by atoms with E-state index >= 15 is 0 Å². The van der Waals surface area contributed by atoms with Crippen molar-refractivity contribution in [3.05, 3.63) is 46.8 Å². The number of aromatic nitrogens is 1. The third-order valence-corrected chi connectivity index (χ3v) is 3.33. The summed E-state index contributed by atoms with van der Waals surface area (Å²) in [6.07, 6.45) is 1.58. The fourth-order valence-electron chi connectivity index (χ4n) is 1.99. The highest BCUT2D eigenvalue weighted by molar-refractivity contribution is 5.89. The van der Waals surface area contributed by atoms with Gasteiger partial charge in [0, 0.05) is 24.7 Å². The zero-order chi connectivity index (χ0) is 15.2. The molecule has 0 aliphatic carbocycles. The highest BCUT2D eigenvalue weighted by atomic mass is 16.5. The number of amides is 2. The second-order valence-corrected chi connectivity index (χ2v) is 5.22. The summed E-state index contributed by atoms with van der Waals surface area (Å²) >= 11 is 0. The first kappa shape index (κ1) is 15.1. The molecule has 0 bridgehead atoms. The van der Waals surface area contributed by atoms with Crippen molar-refractivity contribution < 1.29 is 9.32 Å². The van der Waals surface area contributed by atoms with Crippen LogP contribution >= 0.6 is 0 Å². The lowest BCUT2D eigenvalue weighted by Gasteiger charge is -2.09. The zero-order valence-corrected chi connectivity index (χ0v) is 12.7. The molecule has 2 aromatic rings. The molecule has 5 nitrogen and oxygen atoms in total. The largest absolute Gasteiger partial charge is 0.361 e. The molecular formula is C16H21N3O2. The van der Waals surface area contributed by atoms with Crippen LogP contribution in [0.25, 0.3) is 0 Å². The van der Waals surface area contributed by atoms with E-state index in [1.54, 1.807) is 0 Å². The van der Waals surface area contributed by atoms with Crippen molar-refractivity contribution in [2.24, 2.45) is 0 Å². The van der Waals surface area contributed by atoms with Gasteiger partial charge in [-0.15, -0.1) is 0 Å². The number of nitrogens with zero attached hydrogens (tertiary/aromatic N) is 1. The number of anilines is 1. The van der Waals surface area contributed by atoms with Gasteiger partial charge >= 0.3 is 6.03 Å². The molecule has 0 spiro atoms. The molecule has 0 atom stereocenters. The van der Waals surface area contributed by atoms with Gasteiger partial charge in [0.15, 0.2) is 0 Å². The van der Waals surface area contributed by atoms with Gasteiger partial charge in [-0.1, -0.05) is 11.2 Å². The minimum atomic E-state index is -0.188. The fourth-order valence-corrected chi connectivity index (χ4v) is 1.99. The highest BCUT2D eigenvalue weighted by Crippen LogP contribution is 2.13. The molecule has 1 aromatic heterocycles. The first-order chi connectivity index (χ1) is 10.0. The number of hydrogen-bond donors (Lipinski definition) is 2. The van der Waals surface area contributed by atoms with Crippen molar-refractivity contribution in [2.45, 2.75) is 33.6 Å². The van der Waals surface area contributed by atoms with Crippen LogP contribution < -0.4 is 10.6 Å².